The average Bonchev–Trinajstić information content (AvgIpc) is 2.96. The van der Waals surface area contributed by atoms with Crippen LogP contribution in [0.15, 0.2) is 54.6 Å². The third-order valence-corrected chi connectivity index (χ3v) is 6.50. The second-order valence-electron chi connectivity index (χ2n) is 8.13. The van der Waals surface area contributed by atoms with Crippen LogP contribution in [0.3, 0.4) is 0 Å². The molecule has 1 spiro atoms. The van der Waals surface area contributed by atoms with Gasteiger partial charge in [0.2, 0.25) is 0 Å². The van der Waals surface area contributed by atoms with E-state index in [2.05, 4.69) is 42.2 Å². The number of ether oxygens (including phenoxy) is 2. The van der Waals surface area contributed by atoms with Crippen molar-refractivity contribution in [2.45, 2.75) is 50.5 Å². The van der Waals surface area contributed by atoms with E-state index >= 15 is 0 Å². The number of benzene rings is 2. The first kappa shape index (κ1) is 17.8. The lowest BCUT2D eigenvalue weighted by Gasteiger charge is -2.35. The zero-order valence-corrected chi connectivity index (χ0v) is 16.3. The Balaban J connectivity index is 1.55. The lowest BCUT2D eigenvalue weighted by Crippen LogP contribution is -2.43. The van der Waals surface area contributed by atoms with Gasteiger partial charge in [0, 0.05) is 18.5 Å². The molecule has 2 heterocycles. The van der Waals surface area contributed by atoms with Crippen LogP contribution in [-0.2, 0) is 18.6 Å². The van der Waals surface area contributed by atoms with Crippen LogP contribution in [0.2, 0.25) is 0 Å². The molecule has 2 aliphatic heterocycles. The van der Waals surface area contributed by atoms with Gasteiger partial charge in [-0.2, -0.15) is 0 Å². The number of rotatable bonds is 4. The predicted molar refractivity (Wildman–Crippen MR) is 109 cm³/mol. The summed E-state index contributed by atoms with van der Waals surface area (Å²) in [6.07, 6.45) is 5.34. The Kier molecular flexibility index (Phi) is 4.41. The van der Waals surface area contributed by atoms with Crippen LogP contribution in [0, 0.1) is 0 Å². The minimum Gasteiger partial charge on any atom is -0.485 e. The zero-order chi connectivity index (χ0) is 19.1. The van der Waals surface area contributed by atoms with Crippen LogP contribution < -0.4 is 9.47 Å². The molecular formula is C24H27NO3. The third kappa shape index (κ3) is 2.83. The Morgan fingerprint density at radius 1 is 1.21 bits per heavy atom. The monoisotopic (exact) mass is 377 g/mol. The van der Waals surface area contributed by atoms with Crippen LogP contribution in [0.25, 0.3) is 0 Å². The summed E-state index contributed by atoms with van der Waals surface area (Å²) in [7, 11) is 0. The van der Waals surface area contributed by atoms with Gasteiger partial charge in [-0.3, -0.25) is 4.90 Å². The fraction of sp³-hybridized carbons (Fsp3) is 0.417. The highest BCUT2D eigenvalue weighted by Gasteiger charge is 2.52. The SMILES string of the molecule is CCN1CC[C@@]23C=C[C@H](O)C[C@@H]2Oc2c(OCc4ccccc4)ccc(c23)C1. The van der Waals surface area contributed by atoms with Gasteiger partial charge in [-0.15, -0.1) is 0 Å². The van der Waals surface area contributed by atoms with Gasteiger partial charge in [0.1, 0.15) is 12.7 Å². The van der Waals surface area contributed by atoms with Crippen molar-refractivity contribution in [1.29, 1.82) is 0 Å². The first-order valence-corrected chi connectivity index (χ1v) is 10.3. The standard InChI is InChI=1S/C24H27NO3/c1-2-25-13-12-24-11-10-19(26)14-21(24)28-23-20(9-8-18(15-25)22(23)24)27-16-17-6-4-3-5-7-17/h3-11,19,21,26H,2,12-16H2,1H3/t19-,21-,24-/m0/s1. The summed E-state index contributed by atoms with van der Waals surface area (Å²) >= 11 is 0. The maximum absolute atomic E-state index is 10.2. The fourth-order valence-corrected chi connectivity index (χ4v) is 4.95. The lowest BCUT2D eigenvalue weighted by atomic mass is 9.69. The van der Waals surface area contributed by atoms with Crippen molar-refractivity contribution in [3.63, 3.8) is 0 Å². The third-order valence-electron chi connectivity index (χ3n) is 6.50. The predicted octanol–water partition coefficient (Wildman–Crippen LogP) is 3.81. The molecular weight excluding hydrogens is 350 g/mol. The quantitative estimate of drug-likeness (QED) is 0.823. The van der Waals surface area contributed by atoms with E-state index in [4.69, 9.17) is 9.47 Å². The van der Waals surface area contributed by atoms with Crippen molar-refractivity contribution in [2.24, 2.45) is 0 Å². The summed E-state index contributed by atoms with van der Waals surface area (Å²) in [5, 5.41) is 10.2. The van der Waals surface area contributed by atoms with Crippen molar-refractivity contribution in [1.82, 2.24) is 4.90 Å². The molecule has 4 heteroatoms. The average molecular weight is 377 g/mol. The number of aliphatic hydroxyl groups is 1. The highest BCUT2D eigenvalue weighted by molar-refractivity contribution is 5.61. The highest BCUT2D eigenvalue weighted by Crippen LogP contribution is 2.55. The number of hydrogen-bond acceptors (Lipinski definition) is 4. The van der Waals surface area contributed by atoms with Gasteiger partial charge in [-0.1, -0.05) is 55.5 Å². The summed E-state index contributed by atoms with van der Waals surface area (Å²) in [4.78, 5) is 2.49. The van der Waals surface area contributed by atoms with Gasteiger partial charge in [0.05, 0.1) is 11.5 Å². The number of hydrogen-bond donors (Lipinski definition) is 1. The molecule has 1 aliphatic carbocycles. The van der Waals surface area contributed by atoms with E-state index in [9.17, 15) is 5.11 Å². The molecule has 2 aromatic rings. The van der Waals surface area contributed by atoms with Crippen LogP contribution >= 0.6 is 0 Å². The molecule has 0 radical (unpaired) electrons. The van der Waals surface area contributed by atoms with Crippen LogP contribution in [-0.4, -0.2) is 35.3 Å². The van der Waals surface area contributed by atoms with Gasteiger partial charge in [0.25, 0.3) is 0 Å². The minimum absolute atomic E-state index is 0.0282. The van der Waals surface area contributed by atoms with E-state index in [1.165, 1.54) is 11.1 Å². The van der Waals surface area contributed by atoms with Crippen molar-refractivity contribution in [3.05, 3.63) is 71.3 Å². The first-order chi connectivity index (χ1) is 13.7. The van der Waals surface area contributed by atoms with Gasteiger partial charge < -0.3 is 14.6 Å². The molecule has 1 N–H and O–H groups in total. The van der Waals surface area contributed by atoms with Crippen molar-refractivity contribution < 1.29 is 14.6 Å². The fourth-order valence-electron chi connectivity index (χ4n) is 4.95. The number of nitrogens with zero attached hydrogens (tertiary/aromatic N) is 1. The van der Waals surface area contributed by atoms with Gasteiger partial charge in [0.15, 0.2) is 11.5 Å². The second kappa shape index (κ2) is 6.94. The molecule has 0 bridgehead atoms. The normalized spacial score (nSPS) is 28.2. The summed E-state index contributed by atoms with van der Waals surface area (Å²) in [6, 6.07) is 14.5. The van der Waals surface area contributed by atoms with Crippen molar-refractivity contribution in [2.75, 3.05) is 13.1 Å². The molecule has 0 unspecified atom stereocenters. The Bertz CT molecular complexity index is 894. The molecule has 0 aromatic heterocycles. The molecule has 0 amide bonds. The number of aliphatic hydroxyl groups excluding tert-OH is 1. The molecule has 0 saturated carbocycles. The van der Waals surface area contributed by atoms with Gasteiger partial charge in [-0.25, -0.2) is 0 Å². The molecule has 2 aromatic carbocycles. The summed E-state index contributed by atoms with van der Waals surface area (Å²) in [5.41, 5.74) is 3.59. The van der Waals surface area contributed by atoms with E-state index in [0.717, 1.165) is 43.1 Å². The van der Waals surface area contributed by atoms with E-state index in [-0.39, 0.29) is 11.5 Å². The molecule has 4 nitrogen and oxygen atoms in total. The minimum atomic E-state index is -0.437. The molecule has 28 heavy (non-hydrogen) atoms. The van der Waals surface area contributed by atoms with Crippen molar-refractivity contribution >= 4 is 0 Å². The smallest absolute Gasteiger partial charge is 0.166 e. The van der Waals surface area contributed by atoms with Crippen LogP contribution in [0.1, 0.15) is 36.5 Å². The largest absolute Gasteiger partial charge is 0.485 e. The second-order valence-corrected chi connectivity index (χ2v) is 8.13. The summed E-state index contributed by atoms with van der Waals surface area (Å²) in [6.45, 7) is 5.75. The molecule has 5 rings (SSSR count). The lowest BCUT2D eigenvalue weighted by molar-refractivity contribution is 0.0806. The van der Waals surface area contributed by atoms with E-state index in [0.29, 0.717) is 13.0 Å². The Morgan fingerprint density at radius 3 is 2.89 bits per heavy atom. The maximum Gasteiger partial charge on any atom is 0.166 e. The zero-order valence-electron chi connectivity index (χ0n) is 16.3. The van der Waals surface area contributed by atoms with Gasteiger partial charge in [-0.05, 0) is 36.7 Å². The summed E-state index contributed by atoms with van der Waals surface area (Å²) in [5.74, 6) is 1.69. The summed E-state index contributed by atoms with van der Waals surface area (Å²) < 4.78 is 12.7. The Labute approximate surface area is 166 Å². The van der Waals surface area contributed by atoms with Gasteiger partial charge >= 0.3 is 0 Å². The Morgan fingerprint density at radius 2 is 2.07 bits per heavy atom. The van der Waals surface area contributed by atoms with Crippen LogP contribution in [0.4, 0.5) is 0 Å². The van der Waals surface area contributed by atoms with Crippen LogP contribution in [0.5, 0.6) is 11.5 Å². The highest BCUT2D eigenvalue weighted by atomic mass is 16.5. The maximum atomic E-state index is 10.2. The van der Waals surface area contributed by atoms with Crippen molar-refractivity contribution in [3.8, 4) is 11.5 Å². The molecule has 0 fully saturated rings. The Hall–Kier alpha value is -2.30. The van der Waals surface area contributed by atoms with E-state index in [1.54, 1.807) is 0 Å². The molecule has 0 saturated heterocycles. The van der Waals surface area contributed by atoms with E-state index < -0.39 is 6.10 Å². The molecule has 146 valence electrons. The molecule has 3 aliphatic rings. The molecule has 3 atom stereocenters. The van der Waals surface area contributed by atoms with E-state index in [1.807, 2.05) is 24.3 Å². The first-order valence-electron chi connectivity index (χ1n) is 10.3. The topological polar surface area (TPSA) is 41.9 Å².